The number of methoxy groups -OCH3 is 1. The average molecular weight is 478 g/mol. The summed E-state index contributed by atoms with van der Waals surface area (Å²) < 4.78 is 18.4. The van der Waals surface area contributed by atoms with Gasteiger partial charge in [0.25, 0.3) is 5.91 Å². The lowest BCUT2D eigenvalue weighted by molar-refractivity contribution is -0.132. The van der Waals surface area contributed by atoms with Crippen LogP contribution in [0.5, 0.6) is 5.75 Å². The van der Waals surface area contributed by atoms with Gasteiger partial charge in [0.1, 0.15) is 18.1 Å². The van der Waals surface area contributed by atoms with Crippen LogP contribution >= 0.6 is 0 Å². The number of carbonyl (C=O) groups is 2. The zero-order valence-electron chi connectivity index (χ0n) is 19.9. The molecule has 3 aromatic rings. The van der Waals surface area contributed by atoms with Crippen molar-refractivity contribution in [3.05, 3.63) is 72.0 Å². The van der Waals surface area contributed by atoms with Crippen LogP contribution in [0.15, 0.2) is 60.7 Å². The highest BCUT2D eigenvalue weighted by atomic mass is 19.1. The molecule has 8 nitrogen and oxygen atoms in total. The van der Waals surface area contributed by atoms with Gasteiger partial charge in [0, 0.05) is 43.9 Å². The van der Waals surface area contributed by atoms with E-state index < -0.39 is 5.82 Å². The molecule has 35 heavy (non-hydrogen) atoms. The second-order valence-electron chi connectivity index (χ2n) is 8.20. The van der Waals surface area contributed by atoms with E-state index in [9.17, 15) is 14.0 Å². The molecule has 0 unspecified atom stereocenters. The van der Waals surface area contributed by atoms with Crippen LogP contribution in [0.2, 0.25) is 0 Å². The minimum absolute atomic E-state index is 0.0122. The summed E-state index contributed by atoms with van der Waals surface area (Å²) in [6.07, 6.45) is 0. The summed E-state index contributed by atoms with van der Waals surface area (Å²) in [6.45, 7) is 4.49. The molecule has 0 saturated carbocycles. The Bertz CT molecular complexity index is 1160. The van der Waals surface area contributed by atoms with Gasteiger partial charge in [-0.15, -0.1) is 10.2 Å². The highest BCUT2D eigenvalue weighted by Gasteiger charge is 2.25. The predicted molar refractivity (Wildman–Crippen MR) is 131 cm³/mol. The van der Waals surface area contributed by atoms with Gasteiger partial charge in [-0.2, -0.15) is 0 Å². The maximum atomic E-state index is 13.2. The van der Waals surface area contributed by atoms with Crippen LogP contribution in [0.3, 0.4) is 0 Å². The summed E-state index contributed by atoms with van der Waals surface area (Å²) in [5.74, 6) is 0.714. The number of anilines is 1. The molecule has 4 rings (SSSR count). The van der Waals surface area contributed by atoms with Crippen molar-refractivity contribution in [1.82, 2.24) is 20.0 Å². The van der Waals surface area contributed by atoms with Crippen LogP contribution in [0.4, 0.5) is 10.2 Å². The van der Waals surface area contributed by atoms with Crippen LogP contribution in [0, 0.1) is 5.82 Å². The molecule has 0 spiro atoms. The Labute approximate surface area is 203 Å². The maximum absolute atomic E-state index is 13.2. The van der Waals surface area contributed by atoms with Gasteiger partial charge < -0.3 is 19.4 Å². The molecular weight excluding hydrogens is 449 g/mol. The van der Waals surface area contributed by atoms with Crippen LogP contribution in [-0.4, -0.2) is 78.2 Å². The van der Waals surface area contributed by atoms with Crippen molar-refractivity contribution < 1.29 is 18.7 Å². The van der Waals surface area contributed by atoms with Crippen molar-refractivity contribution >= 4 is 17.6 Å². The Morgan fingerprint density at radius 3 is 2.37 bits per heavy atom. The lowest BCUT2D eigenvalue weighted by atomic mass is 10.1. The lowest BCUT2D eigenvalue weighted by Gasteiger charge is -2.36. The first-order chi connectivity index (χ1) is 17.0. The smallest absolute Gasteiger partial charge is 0.254 e. The minimum Gasteiger partial charge on any atom is -0.497 e. The fourth-order valence-electron chi connectivity index (χ4n) is 3.98. The molecule has 182 valence electrons. The number of amides is 2. The first-order valence-corrected chi connectivity index (χ1v) is 11.5. The molecule has 0 bridgehead atoms. The molecule has 2 amide bonds. The summed E-state index contributed by atoms with van der Waals surface area (Å²) in [7, 11) is 1.63. The second kappa shape index (κ2) is 10.9. The van der Waals surface area contributed by atoms with Gasteiger partial charge >= 0.3 is 0 Å². The molecule has 1 aliphatic heterocycles. The summed E-state index contributed by atoms with van der Waals surface area (Å²) in [5, 5.41) is 8.74. The second-order valence-corrected chi connectivity index (χ2v) is 8.20. The Hall–Kier alpha value is -4.01. The molecule has 2 aromatic carbocycles. The van der Waals surface area contributed by atoms with Gasteiger partial charge in [0.15, 0.2) is 5.82 Å². The van der Waals surface area contributed by atoms with Crippen molar-refractivity contribution in [2.75, 3.05) is 51.3 Å². The van der Waals surface area contributed by atoms with Gasteiger partial charge in [-0.1, -0.05) is 12.1 Å². The van der Waals surface area contributed by atoms with Gasteiger partial charge in [0.05, 0.1) is 12.8 Å². The van der Waals surface area contributed by atoms with E-state index in [0.29, 0.717) is 38.3 Å². The highest BCUT2D eigenvalue weighted by Crippen LogP contribution is 2.23. The molecule has 9 heteroatoms. The first-order valence-electron chi connectivity index (χ1n) is 11.5. The van der Waals surface area contributed by atoms with E-state index in [0.717, 1.165) is 22.8 Å². The number of ether oxygens (including phenoxy) is 1. The molecule has 1 saturated heterocycles. The Morgan fingerprint density at radius 1 is 1.00 bits per heavy atom. The molecule has 1 aromatic heterocycles. The van der Waals surface area contributed by atoms with E-state index in [2.05, 4.69) is 15.1 Å². The molecule has 0 N–H and O–H groups in total. The third-order valence-electron chi connectivity index (χ3n) is 6.06. The fourth-order valence-corrected chi connectivity index (χ4v) is 3.98. The van der Waals surface area contributed by atoms with Crippen LogP contribution in [0.1, 0.15) is 17.3 Å². The predicted octanol–water partition coefficient (Wildman–Crippen LogP) is 3.10. The third-order valence-corrected chi connectivity index (χ3v) is 6.06. The fraction of sp³-hybridized carbons (Fsp3) is 0.308. The number of aromatic nitrogens is 2. The van der Waals surface area contributed by atoms with E-state index in [1.165, 1.54) is 29.2 Å². The number of piperazine rings is 1. The van der Waals surface area contributed by atoms with Crippen molar-refractivity contribution in [1.29, 1.82) is 0 Å². The van der Waals surface area contributed by atoms with Crippen molar-refractivity contribution in [2.24, 2.45) is 0 Å². The van der Waals surface area contributed by atoms with Gasteiger partial charge in [-0.3, -0.25) is 9.59 Å². The number of carbonyl (C=O) groups excluding carboxylic acids is 2. The van der Waals surface area contributed by atoms with Gasteiger partial charge in [0.2, 0.25) is 5.91 Å². The Kier molecular flexibility index (Phi) is 7.54. The van der Waals surface area contributed by atoms with Gasteiger partial charge in [-0.25, -0.2) is 4.39 Å². The normalized spacial score (nSPS) is 13.5. The summed E-state index contributed by atoms with van der Waals surface area (Å²) in [5.41, 5.74) is 2.04. The standard InChI is InChI=1S/C26H28FN5O3/c1-3-30(26(34)19-7-9-21(27)10-8-19)18-25(33)32-15-13-31(14-16-32)24-12-11-23(28-29-24)20-5-4-6-22(17-20)35-2/h4-12,17H,3,13-16,18H2,1-2H3. The summed E-state index contributed by atoms with van der Waals surface area (Å²) >= 11 is 0. The maximum Gasteiger partial charge on any atom is 0.254 e. The number of hydrogen-bond donors (Lipinski definition) is 0. The lowest BCUT2D eigenvalue weighted by Crippen LogP contribution is -2.52. The largest absolute Gasteiger partial charge is 0.497 e. The zero-order chi connectivity index (χ0) is 24.8. The zero-order valence-corrected chi connectivity index (χ0v) is 19.9. The molecular formula is C26H28FN5O3. The van der Waals surface area contributed by atoms with E-state index >= 15 is 0 Å². The number of hydrogen-bond acceptors (Lipinski definition) is 6. The molecule has 2 heterocycles. The first kappa shape index (κ1) is 24.1. The number of nitrogens with zero attached hydrogens (tertiary/aromatic N) is 5. The van der Waals surface area contributed by atoms with E-state index in [1.807, 2.05) is 43.3 Å². The quantitative estimate of drug-likeness (QED) is 0.520. The van der Waals surface area contributed by atoms with E-state index in [1.54, 1.807) is 12.0 Å². The number of benzene rings is 2. The van der Waals surface area contributed by atoms with Crippen LogP contribution in [-0.2, 0) is 4.79 Å². The number of rotatable bonds is 7. The van der Waals surface area contributed by atoms with E-state index in [-0.39, 0.29) is 18.4 Å². The van der Waals surface area contributed by atoms with Gasteiger partial charge in [-0.05, 0) is 55.5 Å². The summed E-state index contributed by atoms with van der Waals surface area (Å²) in [6, 6.07) is 16.9. The number of likely N-dealkylation sites (N-methyl/N-ethyl adjacent to an activating group) is 1. The van der Waals surface area contributed by atoms with Crippen molar-refractivity contribution in [3.63, 3.8) is 0 Å². The molecule has 1 fully saturated rings. The van der Waals surface area contributed by atoms with Crippen LogP contribution in [0.25, 0.3) is 11.3 Å². The molecule has 0 atom stereocenters. The Balaban J connectivity index is 1.32. The number of halogens is 1. The van der Waals surface area contributed by atoms with Crippen LogP contribution < -0.4 is 9.64 Å². The van der Waals surface area contributed by atoms with E-state index in [4.69, 9.17) is 4.74 Å². The Morgan fingerprint density at radius 2 is 1.74 bits per heavy atom. The average Bonchev–Trinajstić information content (AvgIpc) is 2.92. The molecule has 1 aliphatic rings. The van der Waals surface area contributed by atoms with Crippen molar-refractivity contribution in [2.45, 2.75) is 6.92 Å². The summed E-state index contributed by atoms with van der Waals surface area (Å²) in [4.78, 5) is 30.9. The molecule has 0 radical (unpaired) electrons. The monoisotopic (exact) mass is 477 g/mol. The SMILES string of the molecule is CCN(CC(=O)N1CCN(c2ccc(-c3cccc(OC)c3)nn2)CC1)C(=O)c1ccc(F)cc1. The van der Waals surface area contributed by atoms with Crippen molar-refractivity contribution in [3.8, 4) is 17.0 Å². The highest BCUT2D eigenvalue weighted by molar-refractivity contribution is 5.96. The topological polar surface area (TPSA) is 78.9 Å². The molecule has 0 aliphatic carbocycles. The third kappa shape index (κ3) is 5.74. The minimum atomic E-state index is -0.404.